The van der Waals surface area contributed by atoms with Crippen molar-refractivity contribution in [2.75, 3.05) is 6.54 Å². The second-order valence-electron chi connectivity index (χ2n) is 8.31. The monoisotopic (exact) mass is 418 g/mol. The van der Waals surface area contributed by atoms with Crippen LogP contribution in [0.5, 0.6) is 0 Å². The minimum Gasteiger partial charge on any atom is -0.461 e. The van der Waals surface area contributed by atoms with Crippen molar-refractivity contribution in [1.82, 2.24) is 14.9 Å². The van der Waals surface area contributed by atoms with Gasteiger partial charge in [-0.3, -0.25) is 10.1 Å². The molecule has 3 amide bonds. The van der Waals surface area contributed by atoms with Gasteiger partial charge in [-0.05, 0) is 43.7 Å². The quantitative estimate of drug-likeness (QED) is 0.641. The predicted molar refractivity (Wildman–Crippen MR) is 104 cm³/mol. The maximum Gasteiger partial charge on any atom is 0.322 e. The lowest BCUT2D eigenvalue weighted by atomic mass is 9.81. The van der Waals surface area contributed by atoms with Gasteiger partial charge in [0.1, 0.15) is 16.9 Å². The Kier molecular flexibility index (Phi) is 4.03. The van der Waals surface area contributed by atoms with E-state index in [2.05, 4.69) is 10.6 Å². The molecular formula is C19H22N4O5S. The van der Waals surface area contributed by atoms with Crippen LogP contribution in [0, 0.1) is 5.92 Å². The van der Waals surface area contributed by atoms with Crippen molar-refractivity contribution in [3.63, 3.8) is 0 Å². The molecule has 5 rings (SSSR count). The van der Waals surface area contributed by atoms with E-state index >= 15 is 0 Å². The number of benzene rings is 1. The van der Waals surface area contributed by atoms with Gasteiger partial charge in [0.2, 0.25) is 0 Å². The van der Waals surface area contributed by atoms with Crippen molar-refractivity contribution >= 4 is 33.1 Å². The van der Waals surface area contributed by atoms with E-state index in [1.807, 2.05) is 30.3 Å². The summed E-state index contributed by atoms with van der Waals surface area (Å²) in [6.07, 6.45) is 2.33. The summed E-state index contributed by atoms with van der Waals surface area (Å²) in [4.78, 5) is 23.8. The first-order valence-electron chi connectivity index (χ1n) is 9.67. The topological polar surface area (TPSA) is 135 Å². The highest BCUT2D eigenvalue weighted by Crippen LogP contribution is 2.45. The van der Waals surface area contributed by atoms with Crippen LogP contribution in [-0.4, -0.2) is 42.8 Å². The highest BCUT2D eigenvalue weighted by Gasteiger charge is 2.54. The maximum atomic E-state index is 12.2. The van der Waals surface area contributed by atoms with Crippen LogP contribution in [0.3, 0.4) is 0 Å². The Labute approximate surface area is 167 Å². The third-order valence-electron chi connectivity index (χ3n) is 6.55. The van der Waals surface area contributed by atoms with Crippen molar-refractivity contribution in [3.05, 3.63) is 36.1 Å². The third kappa shape index (κ3) is 3.02. The molecule has 1 aliphatic carbocycles. The number of amides is 3. The standard InChI is InChI=1S/C19H22N4O5S/c20-29(26,27)23-10-13(16-8-12-3-1-2-4-15(12)28-16)14(23)7-11-5-6-19(9-11)17(24)21-18(25)22-19/h1-4,8,11,13-14H,5-7,9-10H2,(H2,20,26,27)(H2,21,22,24,25). The van der Waals surface area contributed by atoms with E-state index in [4.69, 9.17) is 9.56 Å². The van der Waals surface area contributed by atoms with Crippen LogP contribution < -0.4 is 15.8 Å². The van der Waals surface area contributed by atoms with Crippen molar-refractivity contribution in [2.45, 2.75) is 43.2 Å². The fraction of sp³-hybridized carbons (Fsp3) is 0.474. The van der Waals surface area contributed by atoms with Gasteiger partial charge in [-0.15, -0.1) is 0 Å². The first-order chi connectivity index (χ1) is 13.7. The number of imide groups is 1. The lowest BCUT2D eigenvalue weighted by molar-refractivity contribution is -0.123. The molecule has 1 spiro atoms. The summed E-state index contributed by atoms with van der Waals surface area (Å²) >= 11 is 0. The molecule has 1 aromatic heterocycles. The molecule has 3 fully saturated rings. The number of carbonyl (C=O) groups excluding carboxylic acids is 2. The number of para-hydroxylation sites is 1. The van der Waals surface area contributed by atoms with Gasteiger partial charge in [0.05, 0.1) is 0 Å². The van der Waals surface area contributed by atoms with Gasteiger partial charge < -0.3 is 9.73 Å². The Morgan fingerprint density at radius 2 is 2.07 bits per heavy atom. The van der Waals surface area contributed by atoms with Crippen molar-refractivity contribution < 1.29 is 22.4 Å². The second-order valence-corrected chi connectivity index (χ2v) is 9.81. The third-order valence-corrected chi connectivity index (χ3v) is 7.63. The minimum absolute atomic E-state index is 0.0933. The molecule has 4 atom stereocenters. The molecule has 154 valence electrons. The van der Waals surface area contributed by atoms with Gasteiger partial charge in [0.25, 0.3) is 16.1 Å². The summed E-state index contributed by atoms with van der Waals surface area (Å²) in [7, 11) is -3.83. The number of nitrogens with zero attached hydrogens (tertiary/aromatic N) is 1. The van der Waals surface area contributed by atoms with Crippen LogP contribution in [0.15, 0.2) is 34.7 Å². The Bertz CT molecular complexity index is 1080. The van der Waals surface area contributed by atoms with E-state index in [0.29, 0.717) is 19.3 Å². The van der Waals surface area contributed by atoms with Gasteiger partial charge in [-0.1, -0.05) is 18.2 Å². The molecule has 4 N–H and O–H groups in total. The van der Waals surface area contributed by atoms with Crippen molar-refractivity contribution in [3.8, 4) is 0 Å². The molecule has 10 heteroatoms. The van der Waals surface area contributed by atoms with Gasteiger partial charge >= 0.3 is 6.03 Å². The molecule has 9 nitrogen and oxygen atoms in total. The molecule has 2 aliphatic heterocycles. The van der Waals surface area contributed by atoms with Crippen LogP contribution in [0.1, 0.15) is 37.4 Å². The Balaban J connectivity index is 1.38. The first kappa shape index (κ1) is 18.6. The van der Waals surface area contributed by atoms with Gasteiger partial charge in [-0.2, -0.15) is 12.7 Å². The molecular weight excluding hydrogens is 396 g/mol. The Morgan fingerprint density at radius 1 is 1.28 bits per heavy atom. The molecule has 2 saturated heterocycles. The SMILES string of the molecule is NS(=O)(=O)N1CC(c2cc3ccccc3o2)C1CC1CCC2(C1)NC(=O)NC2=O. The number of hydrogen-bond donors (Lipinski definition) is 3. The highest BCUT2D eigenvalue weighted by atomic mass is 32.2. The van der Waals surface area contributed by atoms with Crippen molar-refractivity contribution in [1.29, 1.82) is 0 Å². The number of hydrogen-bond acceptors (Lipinski definition) is 5. The molecule has 4 unspecified atom stereocenters. The fourth-order valence-electron chi connectivity index (χ4n) is 5.09. The van der Waals surface area contributed by atoms with Crippen LogP contribution in [0.4, 0.5) is 4.79 Å². The van der Waals surface area contributed by atoms with E-state index in [-0.39, 0.29) is 30.3 Å². The maximum absolute atomic E-state index is 12.2. The molecule has 29 heavy (non-hydrogen) atoms. The predicted octanol–water partition coefficient (Wildman–Crippen LogP) is 1.17. The van der Waals surface area contributed by atoms with Gasteiger partial charge in [-0.25, -0.2) is 9.93 Å². The Morgan fingerprint density at radius 3 is 2.76 bits per heavy atom. The number of carbonyl (C=O) groups is 2. The van der Waals surface area contributed by atoms with E-state index in [1.165, 1.54) is 4.31 Å². The molecule has 0 radical (unpaired) electrons. The number of rotatable bonds is 4. The molecule has 0 bridgehead atoms. The average Bonchev–Trinajstić information content (AvgIpc) is 3.28. The highest BCUT2D eigenvalue weighted by molar-refractivity contribution is 7.86. The zero-order valence-corrected chi connectivity index (χ0v) is 16.4. The number of urea groups is 1. The van der Waals surface area contributed by atoms with Gasteiger partial charge in [0, 0.05) is 23.9 Å². The molecule has 3 aliphatic rings. The van der Waals surface area contributed by atoms with E-state index < -0.39 is 21.8 Å². The molecule has 1 saturated carbocycles. The Hall–Kier alpha value is -2.43. The molecule has 2 aromatic rings. The summed E-state index contributed by atoms with van der Waals surface area (Å²) in [5, 5.41) is 11.4. The number of furan rings is 1. The first-order valence-corrected chi connectivity index (χ1v) is 11.2. The lowest BCUT2D eigenvalue weighted by Gasteiger charge is -2.46. The number of nitrogens with two attached hydrogens (primary N) is 1. The van der Waals surface area contributed by atoms with Crippen LogP contribution in [0.2, 0.25) is 0 Å². The number of fused-ring (bicyclic) bond motifs is 1. The minimum atomic E-state index is -3.83. The largest absolute Gasteiger partial charge is 0.461 e. The van der Waals surface area contributed by atoms with Crippen LogP contribution in [0.25, 0.3) is 11.0 Å². The zero-order chi connectivity index (χ0) is 20.4. The van der Waals surface area contributed by atoms with Crippen LogP contribution in [-0.2, 0) is 15.0 Å². The summed E-state index contributed by atoms with van der Waals surface area (Å²) in [5.41, 5.74) is -0.104. The number of nitrogens with one attached hydrogen (secondary N) is 2. The van der Waals surface area contributed by atoms with E-state index in [1.54, 1.807) is 0 Å². The summed E-state index contributed by atoms with van der Waals surface area (Å²) in [6, 6.07) is 8.81. The van der Waals surface area contributed by atoms with E-state index in [9.17, 15) is 18.0 Å². The zero-order valence-electron chi connectivity index (χ0n) is 15.6. The molecule has 1 aromatic carbocycles. The second kappa shape index (κ2) is 6.28. The summed E-state index contributed by atoms with van der Waals surface area (Å²) < 4.78 is 31.4. The average molecular weight is 418 g/mol. The van der Waals surface area contributed by atoms with Gasteiger partial charge in [0.15, 0.2) is 0 Å². The lowest BCUT2D eigenvalue weighted by Crippen LogP contribution is -2.59. The normalized spacial score (nSPS) is 32.5. The summed E-state index contributed by atoms with van der Waals surface area (Å²) in [5.74, 6) is 0.455. The fourth-order valence-corrected chi connectivity index (χ4v) is 6.07. The van der Waals surface area contributed by atoms with Crippen molar-refractivity contribution in [2.24, 2.45) is 11.1 Å². The summed E-state index contributed by atoms with van der Waals surface area (Å²) in [6.45, 7) is 0.276. The molecule has 3 heterocycles. The smallest absolute Gasteiger partial charge is 0.322 e. The van der Waals surface area contributed by atoms with Crippen LogP contribution >= 0.6 is 0 Å². The van der Waals surface area contributed by atoms with E-state index in [0.717, 1.165) is 23.2 Å².